The standard InChI is InChI=1S/C61H120NO8P/c1-3-5-7-9-11-13-15-17-18-19-20-21-22-23-24-25-26-27-28-29-30-31-32-33-34-35-36-37-38-39-40-42-44-46-48-50-52-54-61(64)70-59(58-69-71(65,66)68-56-55-62)57-67-60(63)53-51-49-47-45-43-41-16-14-12-10-8-6-4-2/h19-20,59H,3-18,21-58,62H2,1-2H3,(H,65,66)/b20-19-. The molecule has 0 heterocycles. The third kappa shape index (κ3) is 57.9. The number of esters is 2. The molecule has 0 saturated carbocycles. The maximum absolute atomic E-state index is 12.7. The molecule has 3 N–H and O–H groups in total. The van der Waals surface area contributed by atoms with Gasteiger partial charge in [0.1, 0.15) is 6.61 Å². The van der Waals surface area contributed by atoms with Gasteiger partial charge >= 0.3 is 19.8 Å². The second kappa shape index (κ2) is 58.0. The van der Waals surface area contributed by atoms with Gasteiger partial charge in [-0.15, -0.1) is 0 Å². The highest BCUT2D eigenvalue weighted by Crippen LogP contribution is 2.43. The molecule has 0 fully saturated rings. The Balaban J connectivity index is 3.73. The van der Waals surface area contributed by atoms with Crippen LogP contribution < -0.4 is 5.73 Å². The van der Waals surface area contributed by atoms with Gasteiger partial charge in [-0.3, -0.25) is 18.6 Å². The van der Waals surface area contributed by atoms with Crippen LogP contribution in [0.15, 0.2) is 12.2 Å². The molecule has 0 aliphatic rings. The first kappa shape index (κ1) is 69.8. The predicted octanol–water partition coefficient (Wildman–Crippen LogP) is 19.6. The molecule has 0 aromatic carbocycles. The summed E-state index contributed by atoms with van der Waals surface area (Å²) in [5.74, 6) is -0.807. The second-order valence-electron chi connectivity index (χ2n) is 21.3. The van der Waals surface area contributed by atoms with E-state index < -0.39 is 26.5 Å². The van der Waals surface area contributed by atoms with Crippen molar-refractivity contribution < 1.29 is 37.6 Å². The summed E-state index contributed by atoms with van der Waals surface area (Å²) in [7, 11) is -4.38. The lowest BCUT2D eigenvalue weighted by Crippen LogP contribution is -2.29. The summed E-state index contributed by atoms with van der Waals surface area (Å²) < 4.78 is 33.0. The number of hydrogen-bond donors (Lipinski definition) is 2. The van der Waals surface area contributed by atoms with Gasteiger partial charge in [0.2, 0.25) is 0 Å². The fourth-order valence-electron chi connectivity index (χ4n) is 9.52. The lowest BCUT2D eigenvalue weighted by atomic mass is 10.0. The van der Waals surface area contributed by atoms with E-state index in [4.69, 9.17) is 24.3 Å². The van der Waals surface area contributed by atoms with E-state index in [9.17, 15) is 19.0 Å². The van der Waals surface area contributed by atoms with Crippen LogP contribution >= 0.6 is 7.82 Å². The maximum Gasteiger partial charge on any atom is 0.472 e. The van der Waals surface area contributed by atoms with E-state index in [-0.39, 0.29) is 38.6 Å². The van der Waals surface area contributed by atoms with Crippen LogP contribution in [0.25, 0.3) is 0 Å². The van der Waals surface area contributed by atoms with Gasteiger partial charge in [-0.2, -0.15) is 0 Å². The van der Waals surface area contributed by atoms with Crippen LogP contribution in [-0.4, -0.2) is 49.3 Å². The molecular weight excluding hydrogens is 906 g/mol. The minimum atomic E-state index is -4.38. The molecule has 2 unspecified atom stereocenters. The number of nitrogens with two attached hydrogens (primary N) is 1. The van der Waals surface area contributed by atoms with Gasteiger partial charge in [0.25, 0.3) is 0 Å². The van der Waals surface area contributed by atoms with Crippen LogP contribution in [-0.2, 0) is 32.7 Å². The van der Waals surface area contributed by atoms with Gasteiger partial charge in [-0.05, 0) is 38.5 Å². The van der Waals surface area contributed by atoms with Crippen LogP contribution in [0.4, 0.5) is 0 Å². The van der Waals surface area contributed by atoms with Crippen molar-refractivity contribution in [2.24, 2.45) is 5.73 Å². The van der Waals surface area contributed by atoms with Crippen molar-refractivity contribution in [3.05, 3.63) is 12.2 Å². The molecule has 0 aliphatic carbocycles. The van der Waals surface area contributed by atoms with Crippen molar-refractivity contribution in [1.29, 1.82) is 0 Å². The van der Waals surface area contributed by atoms with E-state index >= 15 is 0 Å². The van der Waals surface area contributed by atoms with Crippen molar-refractivity contribution in [3.63, 3.8) is 0 Å². The van der Waals surface area contributed by atoms with Crippen molar-refractivity contribution in [1.82, 2.24) is 0 Å². The van der Waals surface area contributed by atoms with E-state index in [1.54, 1.807) is 0 Å². The van der Waals surface area contributed by atoms with Crippen LogP contribution in [0, 0.1) is 0 Å². The Hall–Kier alpha value is -1.25. The number of allylic oxidation sites excluding steroid dienone is 2. The minimum absolute atomic E-state index is 0.0577. The van der Waals surface area contributed by atoms with Gasteiger partial charge in [0.05, 0.1) is 13.2 Å². The number of carbonyl (C=O) groups excluding carboxylic acids is 2. The lowest BCUT2D eigenvalue weighted by molar-refractivity contribution is -0.161. The number of hydrogen-bond acceptors (Lipinski definition) is 8. The molecule has 422 valence electrons. The van der Waals surface area contributed by atoms with E-state index in [2.05, 4.69) is 26.0 Å². The van der Waals surface area contributed by atoms with E-state index in [0.29, 0.717) is 6.42 Å². The number of phosphoric ester groups is 1. The molecule has 0 radical (unpaired) electrons. The third-order valence-electron chi connectivity index (χ3n) is 14.2. The van der Waals surface area contributed by atoms with E-state index in [1.165, 1.54) is 270 Å². The maximum atomic E-state index is 12.7. The van der Waals surface area contributed by atoms with Gasteiger partial charge in [-0.1, -0.05) is 296 Å². The summed E-state index contributed by atoms with van der Waals surface area (Å²) in [4.78, 5) is 35.1. The number of carbonyl (C=O) groups is 2. The lowest BCUT2D eigenvalue weighted by Gasteiger charge is -2.19. The molecule has 0 spiro atoms. The van der Waals surface area contributed by atoms with Crippen molar-refractivity contribution in [2.75, 3.05) is 26.4 Å². The molecule has 0 aromatic heterocycles. The van der Waals surface area contributed by atoms with Crippen molar-refractivity contribution in [2.45, 2.75) is 341 Å². The zero-order valence-corrected chi connectivity index (χ0v) is 48.1. The monoisotopic (exact) mass is 1030 g/mol. The summed E-state index contributed by atoms with van der Waals surface area (Å²) >= 11 is 0. The quantitative estimate of drug-likeness (QED) is 0.0264. The molecule has 0 saturated heterocycles. The Labute approximate surface area is 440 Å². The van der Waals surface area contributed by atoms with Gasteiger partial charge in [-0.25, -0.2) is 4.57 Å². The van der Waals surface area contributed by atoms with Crippen LogP contribution in [0.2, 0.25) is 0 Å². The summed E-state index contributed by atoms with van der Waals surface area (Å²) in [5, 5.41) is 0. The van der Waals surface area contributed by atoms with Gasteiger partial charge in [0.15, 0.2) is 6.10 Å². The Kier molecular flexibility index (Phi) is 57.0. The normalized spacial score (nSPS) is 13.0. The summed E-state index contributed by atoms with van der Waals surface area (Å²) in [6, 6.07) is 0. The molecule has 71 heavy (non-hydrogen) atoms. The Morgan fingerprint density at radius 3 is 1.00 bits per heavy atom. The zero-order valence-electron chi connectivity index (χ0n) is 47.2. The zero-order chi connectivity index (χ0) is 51.7. The number of unbranched alkanes of at least 4 members (excludes halogenated alkanes) is 45. The molecular formula is C61H120NO8P. The highest BCUT2D eigenvalue weighted by molar-refractivity contribution is 7.47. The largest absolute Gasteiger partial charge is 0.472 e. The first-order valence-electron chi connectivity index (χ1n) is 31.2. The average Bonchev–Trinajstić information content (AvgIpc) is 3.36. The summed E-state index contributed by atoms with van der Waals surface area (Å²) in [6.45, 7) is 3.80. The van der Waals surface area contributed by atoms with Crippen LogP contribution in [0.3, 0.4) is 0 Å². The fourth-order valence-corrected chi connectivity index (χ4v) is 10.3. The molecule has 10 heteroatoms. The van der Waals surface area contributed by atoms with Gasteiger partial charge < -0.3 is 20.1 Å². The molecule has 2 atom stereocenters. The van der Waals surface area contributed by atoms with Crippen molar-refractivity contribution >= 4 is 19.8 Å². The highest BCUT2D eigenvalue weighted by Gasteiger charge is 2.26. The summed E-state index contributed by atoms with van der Waals surface area (Å²) in [6.07, 6.45) is 67.4. The Morgan fingerprint density at radius 1 is 0.408 bits per heavy atom. The molecule has 0 bridgehead atoms. The van der Waals surface area contributed by atoms with E-state index in [0.717, 1.165) is 32.1 Å². The fraction of sp³-hybridized carbons (Fsp3) is 0.934. The van der Waals surface area contributed by atoms with E-state index in [1.807, 2.05) is 0 Å². The molecule has 0 aliphatic heterocycles. The van der Waals surface area contributed by atoms with Crippen LogP contribution in [0.5, 0.6) is 0 Å². The van der Waals surface area contributed by atoms with Gasteiger partial charge in [0, 0.05) is 19.4 Å². The Bertz CT molecular complexity index is 1170. The highest BCUT2D eigenvalue weighted by atomic mass is 31.2. The molecule has 0 amide bonds. The molecule has 0 rings (SSSR count). The topological polar surface area (TPSA) is 134 Å². The number of rotatable bonds is 60. The number of phosphoric acid groups is 1. The smallest absolute Gasteiger partial charge is 0.462 e. The second-order valence-corrected chi connectivity index (χ2v) is 22.7. The summed E-state index contributed by atoms with van der Waals surface area (Å²) in [5.41, 5.74) is 5.38. The predicted molar refractivity (Wildman–Crippen MR) is 303 cm³/mol. The first-order valence-corrected chi connectivity index (χ1v) is 32.7. The third-order valence-corrected chi connectivity index (χ3v) is 15.1. The first-order chi connectivity index (χ1) is 34.8. The van der Waals surface area contributed by atoms with Crippen molar-refractivity contribution in [3.8, 4) is 0 Å². The number of ether oxygens (including phenoxy) is 2. The average molecular weight is 1030 g/mol. The Morgan fingerprint density at radius 2 is 0.690 bits per heavy atom. The molecule has 0 aromatic rings. The molecule has 9 nitrogen and oxygen atoms in total. The van der Waals surface area contributed by atoms with Crippen LogP contribution in [0.1, 0.15) is 335 Å². The SMILES string of the molecule is CCCCCCCCCC/C=C\CCCCCCCCCCCCCCCCCCCCCCCCCCCC(=O)OC(COC(=O)CCCCCCCCCCCCCCC)COP(=O)(O)OCCN. The minimum Gasteiger partial charge on any atom is -0.462 e.